The average molecular weight is 286 g/mol. The van der Waals surface area contributed by atoms with Gasteiger partial charge < -0.3 is 0 Å². The standard InChI is InChI=1S/C5H4F5I/c1-2-3(6,7)5(9,10)4(2,8)11/h2H,1H3. The molecule has 6 heteroatoms. The maximum atomic E-state index is 12.6. The third-order valence-electron chi connectivity index (χ3n) is 1.92. The zero-order valence-electron chi connectivity index (χ0n) is 5.35. The molecule has 11 heavy (non-hydrogen) atoms. The van der Waals surface area contributed by atoms with Gasteiger partial charge in [0.25, 0.3) is 0 Å². The molecular weight excluding hydrogens is 282 g/mol. The van der Waals surface area contributed by atoms with Gasteiger partial charge in [-0.25, -0.2) is 4.39 Å². The fraction of sp³-hybridized carbons (Fsp3) is 1.00. The fourth-order valence-corrected chi connectivity index (χ4v) is 1.67. The minimum atomic E-state index is -4.53. The number of halogens is 6. The number of alkyl halides is 6. The molecule has 1 rings (SSSR count). The molecule has 0 aliphatic heterocycles. The fourth-order valence-electron chi connectivity index (χ4n) is 0.916. The highest BCUT2D eigenvalue weighted by molar-refractivity contribution is 14.1. The van der Waals surface area contributed by atoms with Crippen molar-refractivity contribution in [2.24, 2.45) is 5.92 Å². The Balaban J connectivity index is 2.98. The topological polar surface area (TPSA) is 0 Å². The van der Waals surface area contributed by atoms with Crippen LogP contribution in [0.1, 0.15) is 6.92 Å². The number of hydrogen-bond acceptors (Lipinski definition) is 0. The van der Waals surface area contributed by atoms with Gasteiger partial charge >= 0.3 is 11.8 Å². The summed E-state index contributed by atoms with van der Waals surface area (Å²) in [7, 11) is 0. The van der Waals surface area contributed by atoms with E-state index in [0.29, 0.717) is 0 Å². The van der Waals surface area contributed by atoms with Crippen LogP contribution in [0.4, 0.5) is 22.0 Å². The van der Waals surface area contributed by atoms with E-state index in [1.54, 1.807) is 0 Å². The Bertz CT molecular complexity index is 169. The van der Waals surface area contributed by atoms with Gasteiger partial charge in [-0.05, 0) is 22.6 Å². The van der Waals surface area contributed by atoms with E-state index in [0.717, 1.165) is 29.5 Å². The molecule has 0 amide bonds. The molecule has 0 nitrogen and oxygen atoms in total. The summed E-state index contributed by atoms with van der Waals surface area (Å²) in [5, 5.41) is 0. The predicted octanol–water partition coefficient (Wildman–Crippen LogP) is 3.01. The van der Waals surface area contributed by atoms with Gasteiger partial charge in [-0.1, -0.05) is 6.92 Å². The van der Waals surface area contributed by atoms with Crippen LogP contribution >= 0.6 is 22.6 Å². The zero-order valence-corrected chi connectivity index (χ0v) is 7.50. The number of hydrogen-bond donors (Lipinski definition) is 0. The van der Waals surface area contributed by atoms with Crippen molar-refractivity contribution < 1.29 is 22.0 Å². The summed E-state index contributed by atoms with van der Waals surface area (Å²) in [4.78, 5) is 0. The van der Waals surface area contributed by atoms with Crippen molar-refractivity contribution >= 4 is 22.6 Å². The van der Waals surface area contributed by atoms with Crippen molar-refractivity contribution in [2.75, 3.05) is 0 Å². The molecule has 0 saturated heterocycles. The Morgan fingerprint density at radius 3 is 1.55 bits per heavy atom. The van der Waals surface area contributed by atoms with E-state index < -0.39 is 21.4 Å². The molecule has 0 spiro atoms. The largest absolute Gasteiger partial charge is 0.353 e. The minimum Gasteiger partial charge on any atom is -0.225 e. The molecule has 0 aromatic carbocycles. The van der Waals surface area contributed by atoms with Crippen LogP contribution in [0.2, 0.25) is 0 Å². The molecule has 2 atom stereocenters. The molecule has 1 fully saturated rings. The van der Waals surface area contributed by atoms with Gasteiger partial charge in [0.15, 0.2) is 0 Å². The molecule has 1 aliphatic rings. The Morgan fingerprint density at radius 1 is 1.09 bits per heavy atom. The van der Waals surface area contributed by atoms with Crippen molar-refractivity contribution in [2.45, 2.75) is 22.4 Å². The van der Waals surface area contributed by atoms with E-state index in [9.17, 15) is 22.0 Å². The first kappa shape index (κ1) is 9.47. The van der Waals surface area contributed by atoms with Gasteiger partial charge in [0.2, 0.25) is 3.68 Å². The van der Waals surface area contributed by atoms with Crippen molar-refractivity contribution in [1.29, 1.82) is 0 Å². The van der Waals surface area contributed by atoms with Gasteiger partial charge in [-0.2, -0.15) is 17.6 Å². The SMILES string of the molecule is CC1C(F)(F)C(F)(F)C1(F)I. The van der Waals surface area contributed by atoms with E-state index in [1.165, 1.54) is 0 Å². The quantitative estimate of drug-likeness (QED) is 0.365. The second-order valence-corrected chi connectivity index (χ2v) is 4.11. The normalized spacial score (nSPS) is 46.6. The highest BCUT2D eigenvalue weighted by Crippen LogP contribution is 2.66. The minimum absolute atomic E-state index is 0.725. The maximum Gasteiger partial charge on any atom is 0.353 e. The van der Waals surface area contributed by atoms with Crippen LogP contribution in [-0.2, 0) is 0 Å². The monoisotopic (exact) mass is 286 g/mol. The van der Waals surface area contributed by atoms with Crippen molar-refractivity contribution in [3.8, 4) is 0 Å². The summed E-state index contributed by atoms with van der Waals surface area (Å²) in [6.45, 7) is 0.768. The molecule has 1 saturated carbocycles. The van der Waals surface area contributed by atoms with E-state index in [4.69, 9.17) is 0 Å². The van der Waals surface area contributed by atoms with Gasteiger partial charge in [0.1, 0.15) is 0 Å². The Morgan fingerprint density at radius 2 is 1.45 bits per heavy atom. The Kier molecular flexibility index (Phi) is 1.72. The molecule has 1 aliphatic carbocycles. The van der Waals surface area contributed by atoms with Crippen molar-refractivity contribution in [1.82, 2.24) is 0 Å². The summed E-state index contributed by atoms with van der Waals surface area (Å²) in [5.74, 6) is -10.7. The zero-order chi connectivity index (χ0) is 9.08. The summed E-state index contributed by atoms with van der Waals surface area (Å²) in [6, 6.07) is 0. The average Bonchev–Trinajstić information content (AvgIpc) is 1.84. The van der Waals surface area contributed by atoms with E-state index in [-0.39, 0.29) is 0 Å². The maximum absolute atomic E-state index is 12.6. The van der Waals surface area contributed by atoms with E-state index >= 15 is 0 Å². The Labute approximate surface area is 73.3 Å². The molecular formula is C5H4F5I. The summed E-state index contributed by atoms with van der Waals surface area (Å²) in [5.41, 5.74) is 0. The summed E-state index contributed by atoms with van der Waals surface area (Å²) >= 11 is 0.725. The highest BCUT2D eigenvalue weighted by atomic mass is 127. The molecule has 0 heterocycles. The van der Waals surface area contributed by atoms with Crippen molar-refractivity contribution in [3.63, 3.8) is 0 Å². The number of rotatable bonds is 0. The van der Waals surface area contributed by atoms with Crippen molar-refractivity contribution in [3.05, 3.63) is 0 Å². The molecule has 0 N–H and O–H groups in total. The van der Waals surface area contributed by atoms with Crippen LogP contribution in [0.3, 0.4) is 0 Å². The molecule has 0 aromatic heterocycles. The van der Waals surface area contributed by atoms with Crippen LogP contribution < -0.4 is 0 Å². The molecule has 2 unspecified atom stereocenters. The third kappa shape index (κ3) is 0.790. The van der Waals surface area contributed by atoms with E-state index in [1.807, 2.05) is 0 Å². The van der Waals surface area contributed by atoms with Crippen LogP contribution in [0, 0.1) is 5.92 Å². The second kappa shape index (κ2) is 2.00. The first-order valence-electron chi connectivity index (χ1n) is 2.79. The predicted molar refractivity (Wildman–Crippen MR) is 36.9 cm³/mol. The lowest BCUT2D eigenvalue weighted by molar-refractivity contribution is -0.355. The molecule has 66 valence electrons. The van der Waals surface area contributed by atoms with Crippen LogP contribution in [0.15, 0.2) is 0 Å². The Hall–Kier alpha value is 0.380. The first-order chi connectivity index (χ1) is 4.65. The smallest absolute Gasteiger partial charge is 0.225 e. The second-order valence-electron chi connectivity index (χ2n) is 2.54. The summed E-state index contributed by atoms with van der Waals surface area (Å²) < 4.78 is 58.4. The summed E-state index contributed by atoms with van der Waals surface area (Å²) in [6.07, 6.45) is 0. The van der Waals surface area contributed by atoms with Crippen LogP contribution in [0.5, 0.6) is 0 Å². The van der Waals surface area contributed by atoms with Gasteiger partial charge in [0, 0.05) is 0 Å². The van der Waals surface area contributed by atoms with Gasteiger partial charge in [-0.15, -0.1) is 0 Å². The lowest BCUT2D eigenvalue weighted by Gasteiger charge is -2.50. The van der Waals surface area contributed by atoms with Crippen LogP contribution in [-0.4, -0.2) is 15.5 Å². The lowest BCUT2D eigenvalue weighted by atomic mass is 9.76. The highest BCUT2D eigenvalue weighted by Gasteiger charge is 2.86. The third-order valence-corrected chi connectivity index (χ3v) is 3.54. The molecule has 0 aromatic rings. The van der Waals surface area contributed by atoms with E-state index in [2.05, 4.69) is 0 Å². The van der Waals surface area contributed by atoms with Gasteiger partial charge in [0.05, 0.1) is 5.92 Å². The molecule has 0 radical (unpaired) electrons. The van der Waals surface area contributed by atoms with Gasteiger partial charge in [-0.3, -0.25) is 0 Å². The molecule has 0 bridgehead atoms. The van der Waals surface area contributed by atoms with Crippen LogP contribution in [0.25, 0.3) is 0 Å². The first-order valence-corrected chi connectivity index (χ1v) is 3.87. The lowest BCUT2D eigenvalue weighted by Crippen LogP contribution is -2.72.